The van der Waals surface area contributed by atoms with Gasteiger partial charge in [-0.05, 0) is 36.8 Å². The highest BCUT2D eigenvalue weighted by molar-refractivity contribution is 5.23. The van der Waals surface area contributed by atoms with Crippen molar-refractivity contribution in [3.05, 3.63) is 35.4 Å². The van der Waals surface area contributed by atoms with Crippen molar-refractivity contribution in [3.63, 3.8) is 0 Å². The second-order valence-corrected chi connectivity index (χ2v) is 3.73. The van der Waals surface area contributed by atoms with Crippen LogP contribution in [0.2, 0.25) is 0 Å². The van der Waals surface area contributed by atoms with Crippen molar-refractivity contribution < 1.29 is 5.11 Å². The highest BCUT2D eigenvalue weighted by Crippen LogP contribution is 2.10. The van der Waals surface area contributed by atoms with Crippen LogP contribution < -0.4 is 0 Å². The highest BCUT2D eigenvalue weighted by Gasteiger charge is 1.96. The molecule has 0 aliphatic rings. The van der Waals surface area contributed by atoms with Gasteiger partial charge in [0.25, 0.3) is 0 Å². The molecule has 0 heterocycles. The molecule has 0 unspecified atom stereocenters. The first-order chi connectivity index (χ1) is 6.86. The van der Waals surface area contributed by atoms with E-state index in [1.165, 1.54) is 30.4 Å². The van der Waals surface area contributed by atoms with Gasteiger partial charge >= 0.3 is 0 Å². The molecule has 1 aromatic rings. The van der Waals surface area contributed by atoms with E-state index in [1.54, 1.807) is 0 Å². The van der Waals surface area contributed by atoms with Crippen LogP contribution in [0.1, 0.15) is 37.3 Å². The van der Waals surface area contributed by atoms with Gasteiger partial charge < -0.3 is 0 Å². The van der Waals surface area contributed by atoms with Crippen molar-refractivity contribution >= 4 is 0 Å². The number of unbranched alkanes of at least 4 members (excludes halogenated alkanes) is 1. The fraction of sp³-hybridized carbons (Fsp3) is 0.538. The second kappa shape index (κ2) is 6.61. The van der Waals surface area contributed by atoms with Gasteiger partial charge in [-0.1, -0.05) is 37.6 Å². The summed E-state index contributed by atoms with van der Waals surface area (Å²) in [5.74, 6) is 0. The van der Waals surface area contributed by atoms with Crippen LogP contribution in [0, 0.1) is 0 Å². The molecule has 0 saturated heterocycles. The van der Waals surface area contributed by atoms with Crippen LogP contribution >= 0.6 is 0 Å². The van der Waals surface area contributed by atoms with Crippen LogP contribution in [0.15, 0.2) is 24.3 Å². The Morgan fingerprint density at radius 3 is 2.29 bits per heavy atom. The van der Waals surface area contributed by atoms with Crippen molar-refractivity contribution in [2.75, 3.05) is 6.61 Å². The van der Waals surface area contributed by atoms with Crippen LogP contribution in [-0.2, 0) is 17.9 Å². The molecule has 1 aromatic carbocycles. The quantitative estimate of drug-likeness (QED) is 0.657. The predicted molar refractivity (Wildman–Crippen MR) is 58.9 cm³/mol. The molecule has 0 atom stereocenters. The first kappa shape index (κ1) is 11.3. The van der Waals surface area contributed by atoms with Gasteiger partial charge in [-0.15, -0.1) is 0 Å². The lowest BCUT2D eigenvalue weighted by Crippen LogP contribution is -1.91. The van der Waals surface area contributed by atoms with Crippen molar-refractivity contribution in [3.8, 4) is 0 Å². The van der Waals surface area contributed by atoms with Gasteiger partial charge in [0.2, 0.25) is 0 Å². The molecular weight excluding hydrogens is 172 g/mol. The molecule has 0 aromatic heterocycles. The second-order valence-electron chi connectivity index (χ2n) is 3.73. The summed E-state index contributed by atoms with van der Waals surface area (Å²) in [5, 5.41) is 10.4. The minimum Gasteiger partial charge on any atom is -0.237 e. The molecule has 1 heteroatoms. The van der Waals surface area contributed by atoms with Crippen LogP contribution in [0.5, 0.6) is 0 Å². The minimum absolute atomic E-state index is 0.0409. The molecule has 0 spiro atoms. The monoisotopic (exact) mass is 191 g/mol. The van der Waals surface area contributed by atoms with Gasteiger partial charge in [0.15, 0.2) is 0 Å². The fourth-order valence-corrected chi connectivity index (χ4v) is 1.60. The van der Waals surface area contributed by atoms with Crippen molar-refractivity contribution in [1.82, 2.24) is 0 Å². The summed E-state index contributed by atoms with van der Waals surface area (Å²) in [4.78, 5) is 0. The summed E-state index contributed by atoms with van der Waals surface area (Å²) < 4.78 is 0. The zero-order valence-electron chi connectivity index (χ0n) is 8.96. The normalized spacial score (nSPS) is 10.4. The molecule has 0 aliphatic heterocycles. The van der Waals surface area contributed by atoms with Gasteiger partial charge in [0, 0.05) is 0 Å². The number of rotatable bonds is 6. The predicted octanol–water partition coefficient (Wildman–Crippen LogP) is 3.39. The van der Waals surface area contributed by atoms with E-state index in [9.17, 15) is 5.11 Å². The van der Waals surface area contributed by atoms with E-state index < -0.39 is 0 Å². The van der Waals surface area contributed by atoms with Crippen LogP contribution in [-0.4, -0.2) is 6.61 Å². The van der Waals surface area contributed by atoms with E-state index in [2.05, 4.69) is 31.2 Å². The smallest absolute Gasteiger partial charge is 0.0825 e. The molecule has 0 bridgehead atoms. The zero-order valence-corrected chi connectivity index (χ0v) is 8.96. The van der Waals surface area contributed by atoms with Crippen molar-refractivity contribution in [2.45, 2.75) is 39.0 Å². The largest absolute Gasteiger partial charge is 0.237 e. The Hall–Kier alpha value is -0.820. The fourth-order valence-electron chi connectivity index (χ4n) is 1.60. The Morgan fingerprint density at radius 2 is 1.71 bits per heavy atom. The first-order valence-corrected chi connectivity index (χ1v) is 5.52. The Kier molecular flexibility index (Phi) is 5.31. The summed E-state index contributed by atoms with van der Waals surface area (Å²) >= 11 is 0. The van der Waals surface area contributed by atoms with Gasteiger partial charge in [-0.3, -0.25) is 0 Å². The van der Waals surface area contributed by atoms with Crippen molar-refractivity contribution in [2.24, 2.45) is 0 Å². The molecule has 1 rings (SSSR count). The first-order valence-electron chi connectivity index (χ1n) is 5.52. The molecule has 0 fully saturated rings. The maximum Gasteiger partial charge on any atom is 0.0825 e. The topological polar surface area (TPSA) is 19.9 Å². The lowest BCUT2D eigenvalue weighted by molar-refractivity contribution is 0.189. The van der Waals surface area contributed by atoms with E-state index >= 15 is 0 Å². The molecule has 0 amide bonds. The lowest BCUT2D eigenvalue weighted by Gasteiger charge is -2.03. The number of benzene rings is 1. The summed E-state index contributed by atoms with van der Waals surface area (Å²) in [5.41, 5.74) is 2.73. The highest BCUT2D eigenvalue weighted by atomic mass is 16.2. The van der Waals surface area contributed by atoms with E-state index in [0.29, 0.717) is 0 Å². The Balaban J connectivity index is 2.50. The average molecular weight is 191 g/mol. The average Bonchev–Trinajstić information content (AvgIpc) is 2.24. The maximum absolute atomic E-state index is 10.4. The van der Waals surface area contributed by atoms with E-state index in [-0.39, 0.29) is 6.61 Å². The molecular formula is C13H19O. The third-order valence-corrected chi connectivity index (χ3v) is 2.42. The Bertz CT molecular complexity index is 232. The third kappa shape index (κ3) is 3.93. The molecule has 0 aliphatic carbocycles. The Morgan fingerprint density at radius 1 is 1.07 bits per heavy atom. The molecule has 14 heavy (non-hydrogen) atoms. The van der Waals surface area contributed by atoms with Gasteiger partial charge in [0.05, 0.1) is 6.61 Å². The van der Waals surface area contributed by atoms with Crippen LogP contribution in [0.25, 0.3) is 0 Å². The molecule has 0 N–H and O–H groups in total. The van der Waals surface area contributed by atoms with E-state index in [0.717, 1.165) is 12.8 Å². The number of aryl methyl sites for hydroxylation is 2. The molecule has 1 radical (unpaired) electrons. The summed E-state index contributed by atoms with van der Waals surface area (Å²) in [6.07, 6.45) is 5.36. The lowest BCUT2D eigenvalue weighted by atomic mass is 10.0. The number of hydrogen-bond donors (Lipinski definition) is 0. The Labute approximate surface area is 86.8 Å². The zero-order chi connectivity index (χ0) is 10.2. The van der Waals surface area contributed by atoms with Gasteiger partial charge in [-0.2, -0.15) is 0 Å². The van der Waals surface area contributed by atoms with Gasteiger partial charge in [-0.25, -0.2) is 5.11 Å². The standard InChI is InChI=1S/C13H19O/c1-2-3-6-12-7-4-8-13(11-12)9-5-10-14/h4,7-8,11H,2-3,5-6,9-10H2,1H3. The third-order valence-electron chi connectivity index (χ3n) is 2.42. The van der Waals surface area contributed by atoms with Gasteiger partial charge in [0.1, 0.15) is 0 Å². The van der Waals surface area contributed by atoms with Crippen LogP contribution in [0.3, 0.4) is 0 Å². The number of hydrogen-bond acceptors (Lipinski definition) is 0. The molecule has 0 saturated carbocycles. The minimum atomic E-state index is 0.0409. The molecule has 1 nitrogen and oxygen atoms in total. The van der Waals surface area contributed by atoms with E-state index in [4.69, 9.17) is 0 Å². The maximum atomic E-state index is 10.4. The molecule has 77 valence electrons. The SMILES string of the molecule is CCCCc1cccc(CCC[O])c1. The van der Waals surface area contributed by atoms with Crippen LogP contribution in [0.4, 0.5) is 0 Å². The summed E-state index contributed by atoms with van der Waals surface area (Å²) in [6.45, 7) is 2.25. The summed E-state index contributed by atoms with van der Waals surface area (Å²) in [7, 11) is 0. The van der Waals surface area contributed by atoms with Crippen molar-refractivity contribution in [1.29, 1.82) is 0 Å². The van der Waals surface area contributed by atoms with E-state index in [1.807, 2.05) is 0 Å². The summed E-state index contributed by atoms with van der Waals surface area (Å²) in [6, 6.07) is 8.64.